The van der Waals surface area contributed by atoms with Gasteiger partial charge in [0.05, 0.1) is 42.9 Å². The summed E-state index contributed by atoms with van der Waals surface area (Å²) in [5, 5.41) is 17.6. The summed E-state index contributed by atoms with van der Waals surface area (Å²) < 4.78 is 33.5. The van der Waals surface area contributed by atoms with Crippen molar-refractivity contribution < 1.29 is 37.5 Å². The topological polar surface area (TPSA) is 203 Å². The fourth-order valence-electron chi connectivity index (χ4n) is 6.28. The second kappa shape index (κ2) is 20.7. The molecule has 0 saturated carbocycles. The molecule has 54 heavy (non-hydrogen) atoms. The largest absolute Gasteiger partial charge is 0.494 e. The average Bonchev–Trinajstić information content (AvgIpc) is 3.50. The molecule has 4 rings (SSSR count). The van der Waals surface area contributed by atoms with Crippen molar-refractivity contribution in [3.63, 3.8) is 0 Å². The number of rotatable bonds is 19. The van der Waals surface area contributed by atoms with Gasteiger partial charge in [0.1, 0.15) is 11.8 Å². The van der Waals surface area contributed by atoms with Gasteiger partial charge in [0.2, 0.25) is 23.6 Å². The molecule has 0 unspecified atom stereocenters. The number of nitrogens with two attached hydrogens (primary N) is 1. The second-order valence-electron chi connectivity index (χ2n) is 13.3. The van der Waals surface area contributed by atoms with Crippen molar-refractivity contribution in [2.75, 3.05) is 71.3 Å². The van der Waals surface area contributed by atoms with Gasteiger partial charge in [-0.3, -0.25) is 33.9 Å². The molecule has 1 aromatic carbocycles. The van der Waals surface area contributed by atoms with Crippen LogP contribution in [0.3, 0.4) is 0 Å². The lowest BCUT2D eigenvalue weighted by Gasteiger charge is -2.34. The van der Waals surface area contributed by atoms with E-state index >= 15 is 0 Å². The number of thiol groups is 1. The molecule has 2 aromatic rings. The van der Waals surface area contributed by atoms with Gasteiger partial charge in [-0.05, 0) is 49.9 Å². The smallest absolute Gasteiger partial charge is 0.268 e. The van der Waals surface area contributed by atoms with E-state index in [1.165, 1.54) is 12.3 Å². The monoisotopic (exact) mass is 773 g/mol. The van der Waals surface area contributed by atoms with Crippen LogP contribution in [0.4, 0.5) is 8.78 Å². The molecule has 2 aliphatic heterocycles. The first-order chi connectivity index (χ1) is 25.9. The van der Waals surface area contributed by atoms with Crippen molar-refractivity contribution in [3.05, 3.63) is 36.0 Å². The number of nitriles is 1. The van der Waals surface area contributed by atoms with Crippen LogP contribution in [0.2, 0.25) is 0 Å². The van der Waals surface area contributed by atoms with E-state index in [0.29, 0.717) is 94.0 Å². The highest BCUT2D eigenvalue weighted by molar-refractivity contribution is 7.80. The number of benzene rings is 1. The molecule has 2 fully saturated rings. The Morgan fingerprint density at radius 1 is 1.02 bits per heavy atom. The summed E-state index contributed by atoms with van der Waals surface area (Å²) in [7, 11) is 0. The number of fused-ring (bicyclic) bond motifs is 1. The average molecular weight is 774 g/mol. The van der Waals surface area contributed by atoms with Crippen LogP contribution >= 0.6 is 12.6 Å². The van der Waals surface area contributed by atoms with Crippen LogP contribution in [0.5, 0.6) is 5.75 Å². The number of nitrogens with zero attached hydrogens (tertiary/aromatic N) is 5. The third-order valence-electron chi connectivity index (χ3n) is 9.29. The highest BCUT2D eigenvalue weighted by atomic mass is 32.1. The van der Waals surface area contributed by atoms with Gasteiger partial charge >= 0.3 is 0 Å². The molecule has 294 valence electrons. The maximum Gasteiger partial charge on any atom is 0.268 e. The molecular weight excluding hydrogens is 725 g/mol. The molecule has 2 atom stereocenters. The highest BCUT2D eigenvalue weighted by Crippen LogP contribution is 2.31. The molecule has 18 heteroatoms. The minimum atomic E-state index is -3.15. The van der Waals surface area contributed by atoms with Crippen LogP contribution in [0.1, 0.15) is 55.3 Å². The Labute approximate surface area is 318 Å². The zero-order valence-electron chi connectivity index (χ0n) is 30.2. The van der Waals surface area contributed by atoms with Gasteiger partial charge in [-0.25, -0.2) is 8.78 Å². The van der Waals surface area contributed by atoms with Gasteiger partial charge in [0.25, 0.3) is 11.8 Å². The van der Waals surface area contributed by atoms with Crippen LogP contribution in [0, 0.1) is 11.3 Å². The molecule has 5 N–H and O–H groups in total. The Morgan fingerprint density at radius 2 is 1.80 bits per heavy atom. The minimum absolute atomic E-state index is 0.0549. The van der Waals surface area contributed by atoms with E-state index in [0.717, 1.165) is 11.4 Å². The third kappa shape index (κ3) is 12.8. The first kappa shape index (κ1) is 42.1. The number of piperazine rings is 1. The van der Waals surface area contributed by atoms with Crippen molar-refractivity contribution in [3.8, 4) is 11.8 Å². The van der Waals surface area contributed by atoms with Gasteiger partial charge in [-0.15, -0.1) is 0 Å². The molecule has 0 radical (unpaired) electrons. The zero-order valence-corrected chi connectivity index (χ0v) is 31.1. The second-order valence-corrected chi connectivity index (χ2v) is 13.8. The lowest BCUT2D eigenvalue weighted by Crippen LogP contribution is -2.49. The lowest BCUT2D eigenvalue weighted by molar-refractivity contribution is -0.135. The predicted octanol–water partition coefficient (Wildman–Crippen LogP) is 1.08. The summed E-state index contributed by atoms with van der Waals surface area (Å²) in [5.41, 5.74) is 6.62. The molecule has 0 aliphatic carbocycles. The van der Waals surface area contributed by atoms with Gasteiger partial charge in [-0.2, -0.15) is 17.9 Å². The Hall–Kier alpha value is -4.60. The molecule has 1 aromatic heterocycles. The van der Waals surface area contributed by atoms with E-state index in [4.69, 9.17) is 15.7 Å². The number of unbranched alkanes of at least 4 members (excludes halogenated alkanes) is 1. The van der Waals surface area contributed by atoms with Crippen LogP contribution < -0.4 is 26.4 Å². The number of hydrogen-bond acceptors (Lipinski definition) is 11. The fraction of sp³-hybridized carbons (Fsp3) is 0.583. The third-order valence-corrected chi connectivity index (χ3v) is 9.51. The van der Waals surface area contributed by atoms with Crippen molar-refractivity contribution in [1.29, 1.82) is 5.26 Å². The molecule has 3 heterocycles. The van der Waals surface area contributed by atoms with E-state index in [1.54, 1.807) is 29.2 Å². The SMILES string of the molecule is N#C[C@@H]1CC(F)(F)CN1C(=O)CNC(=O)c1ccnc2ccc(OCCCN3CCN(C(=O)CCC(=O)NCCCC[C@H](N)C(=O)NCCS)CC3)cc12. The summed E-state index contributed by atoms with van der Waals surface area (Å²) >= 11 is 4.05. The van der Waals surface area contributed by atoms with Gasteiger partial charge in [-0.1, -0.05) is 0 Å². The van der Waals surface area contributed by atoms with Crippen molar-refractivity contribution >= 4 is 53.1 Å². The first-order valence-electron chi connectivity index (χ1n) is 18.2. The number of halogens is 2. The summed E-state index contributed by atoms with van der Waals surface area (Å²) in [6.45, 7) is 3.22. The maximum absolute atomic E-state index is 13.8. The summed E-state index contributed by atoms with van der Waals surface area (Å²) in [5.74, 6) is -3.89. The van der Waals surface area contributed by atoms with E-state index in [1.807, 2.05) is 0 Å². The van der Waals surface area contributed by atoms with E-state index in [2.05, 4.69) is 38.5 Å². The van der Waals surface area contributed by atoms with Crippen LogP contribution in [-0.4, -0.2) is 138 Å². The Morgan fingerprint density at radius 3 is 2.54 bits per heavy atom. The molecule has 0 bridgehead atoms. The molecule has 2 saturated heterocycles. The van der Waals surface area contributed by atoms with Crippen LogP contribution in [0.25, 0.3) is 10.9 Å². The number of pyridine rings is 1. The summed E-state index contributed by atoms with van der Waals surface area (Å²) in [4.78, 5) is 71.4. The normalized spacial score (nSPS) is 17.4. The first-order valence-corrected chi connectivity index (χ1v) is 18.8. The van der Waals surface area contributed by atoms with E-state index < -0.39 is 49.3 Å². The van der Waals surface area contributed by atoms with E-state index in [-0.39, 0.29) is 36.1 Å². The molecule has 5 amide bonds. The number of aromatic nitrogens is 1. The molecule has 15 nitrogen and oxygen atoms in total. The van der Waals surface area contributed by atoms with Gasteiger partial charge < -0.3 is 36.2 Å². The number of amides is 5. The maximum atomic E-state index is 13.8. The number of alkyl halides is 2. The lowest BCUT2D eigenvalue weighted by atomic mass is 10.1. The molecule has 2 aliphatic rings. The van der Waals surface area contributed by atoms with Crippen LogP contribution in [0.15, 0.2) is 30.5 Å². The van der Waals surface area contributed by atoms with Gasteiger partial charge in [0.15, 0.2) is 0 Å². The summed E-state index contributed by atoms with van der Waals surface area (Å²) in [6.07, 6.45) is 3.59. The van der Waals surface area contributed by atoms with E-state index in [9.17, 15) is 32.8 Å². The minimum Gasteiger partial charge on any atom is -0.494 e. The Balaban J connectivity index is 1.11. The number of carbonyl (C=O) groups is 5. The van der Waals surface area contributed by atoms with Gasteiger partial charge in [0, 0.05) is 82.4 Å². The van der Waals surface area contributed by atoms with Crippen molar-refractivity contribution in [2.45, 2.75) is 63.0 Å². The zero-order chi connectivity index (χ0) is 39.1. The Kier molecular flexibility index (Phi) is 16.2. The highest BCUT2D eigenvalue weighted by Gasteiger charge is 2.47. The number of carbonyl (C=O) groups excluding carboxylic acids is 5. The molecule has 0 spiro atoms. The fourth-order valence-corrected chi connectivity index (χ4v) is 6.40. The van der Waals surface area contributed by atoms with Crippen molar-refractivity contribution in [2.24, 2.45) is 5.73 Å². The van der Waals surface area contributed by atoms with Crippen LogP contribution in [-0.2, 0) is 19.2 Å². The molecular formula is C36H49F2N9O6S. The quantitative estimate of drug-likeness (QED) is 0.102. The number of nitrogens with one attached hydrogen (secondary N) is 3. The number of ether oxygens (including phenoxy) is 1. The van der Waals surface area contributed by atoms with Crippen molar-refractivity contribution in [1.82, 2.24) is 35.6 Å². The standard InChI is InChI=1S/C36H49F2N9O6S/c37-36(38)21-25(22-39)47(24-36)33(50)23-44-34(51)27-9-11-41-30-6-5-26(20-28(27)30)53-18-3-13-45-14-16-46(17-15-45)32(49)8-7-31(48)42-10-2-1-4-29(40)35(52)43-12-19-54/h5-6,9,11,20,25,29,54H,1-4,7-8,10,12-19,21,23-24,40H2,(H,42,48)(H,43,52)(H,44,51)/t25-,29-/m0/s1. The predicted molar refractivity (Wildman–Crippen MR) is 199 cm³/mol. The summed E-state index contributed by atoms with van der Waals surface area (Å²) in [6, 6.07) is 6.51. The number of hydrogen-bond donors (Lipinski definition) is 5. The number of likely N-dealkylation sites (tertiary alicyclic amines) is 1. The Bertz CT molecular complexity index is 1670.